The number of rotatable bonds is 5. The summed E-state index contributed by atoms with van der Waals surface area (Å²) in [6, 6.07) is 9.15. The Morgan fingerprint density at radius 3 is 2.62 bits per heavy atom. The van der Waals surface area contributed by atoms with E-state index in [1.165, 1.54) is 6.08 Å². The minimum Gasteiger partial charge on any atom is -0.461 e. The average Bonchev–Trinajstić information content (AvgIpc) is 3.03. The standard InChI is InChI=1S/C19H19N3O4/c1-13(2)26-18-20-10-14(11-21-18)8-9-17(23)22-16(12-25-19(22)24)15-6-4-3-5-7-15/h3-11,13,16H,12H2,1-2H3/t16-/m0/s1. The van der Waals surface area contributed by atoms with Crippen molar-refractivity contribution in [2.75, 3.05) is 6.61 Å². The van der Waals surface area contributed by atoms with E-state index in [1.807, 2.05) is 44.2 Å². The number of carbonyl (C=O) groups is 2. The van der Waals surface area contributed by atoms with E-state index >= 15 is 0 Å². The lowest BCUT2D eigenvalue weighted by Gasteiger charge is -2.18. The van der Waals surface area contributed by atoms with Crippen molar-refractivity contribution >= 4 is 18.1 Å². The summed E-state index contributed by atoms with van der Waals surface area (Å²) in [6.45, 7) is 3.91. The number of hydrogen-bond donors (Lipinski definition) is 0. The minimum absolute atomic E-state index is 0.0194. The van der Waals surface area contributed by atoms with Crippen LogP contribution in [0.5, 0.6) is 6.01 Å². The molecule has 2 aromatic rings. The van der Waals surface area contributed by atoms with Crippen LogP contribution in [0.25, 0.3) is 6.08 Å². The summed E-state index contributed by atoms with van der Waals surface area (Å²) in [7, 11) is 0. The Morgan fingerprint density at radius 2 is 1.96 bits per heavy atom. The average molecular weight is 353 g/mol. The lowest BCUT2D eigenvalue weighted by atomic mass is 10.1. The zero-order valence-electron chi connectivity index (χ0n) is 14.5. The number of hydrogen-bond acceptors (Lipinski definition) is 6. The van der Waals surface area contributed by atoms with Crippen LogP contribution in [0.2, 0.25) is 0 Å². The molecule has 0 radical (unpaired) electrons. The molecule has 0 spiro atoms. The first-order chi connectivity index (χ1) is 12.5. The van der Waals surface area contributed by atoms with Gasteiger partial charge in [0.15, 0.2) is 0 Å². The predicted octanol–water partition coefficient (Wildman–Crippen LogP) is 3.00. The second-order valence-electron chi connectivity index (χ2n) is 6.01. The van der Waals surface area contributed by atoms with Crippen LogP contribution in [-0.4, -0.2) is 39.6 Å². The van der Waals surface area contributed by atoms with Crippen molar-refractivity contribution in [3.05, 3.63) is 59.9 Å². The van der Waals surface area contributed by atoms with E-state index in [0.717, 1.165) is 10.5 Å². The Kier molecular flexibility index (Phi) is 5.26. The summed E-state index contributed by atoms with van der Waals surface area (Å²) in [5.41, 5.74) is 1.47. The van der Waals surface area contributed by atoms with Gasteiger partial charge in [-0.3, -0.25) is 4.79 Å². The maximum atomic E-state index is 12.5. The van der Waals surface area contributed by atoms with Gasteiger partial charge in [-0.25, -0.2) is 19.7 Å². The summed E-state index contributed by atoms with van der Waals surface area (Å²) >= 11 is 0. The van der Waals surface area contributed by atoms with Crippen molar-refractivity contribution < 1.29 is 19.1 Å². The lowest BCUT2D eigenvalue weighted by molar-refractivity contribution is -0.124. The van der Waals surface area contributed by atoms with E-state index in [1.54, 1.807) is 18.5 Å². The van der Waals surface area contributed by atoms with Crippen molar-refractivity contribution in [3.63, 3.8) is 0 Å². The molecule has 0 N–H and O–H groups in total. The topological polar surface area (TPSA) is 81.6 Å². The summed E-state index contributed by atoms with van der Waals surface area (Å²) in [6.07, 6.45) is 5.29. The number of cyclic esters (lactones) is 1. The van der Waals surface area contributed by atoms with Gasteiger partial charge in [-0.15, -0.1) is 0 Å². The first kappa shape index (κ1) is 17.6. The van der Waals surface area contributed by atoms with Crippen LogP contribution in [0, 0.1) is 0 Å². The van der Waals surface area contributed by atoms with Crippen LogP contribution in [0.3, 0.4) is 0 Å². The Labute approximate surface area is 151 Å². The Morgan fingerprint density at radius 1 is 1.27 bits per heavy atom. The van der Waals surface area contributed by atoms with Gasteiger partial charge in [0.2, 0.25) is 0 Å². The Balaban J connectivity index is 1.71. The highest BCUT2D eigenvalue weighted by Crippen LogP contribution is 2.27. The molecule has 1 aliphatic rings. The van der Waals surface area contributed by atoms with E-state index in [4.69, 9.17) is 9.47 Å². The highest BCUT2D eigenvalue weighted by Gasteiger charge is 2.37. The Bertz CT molecular complexity index is 803. The van der Waals surface area contributed by atoms with Crippen LogP contribution < -0.4 is 4.74 Å². The van der Waals surface area contributed by atoms with Gasteiger partial charge in [-0.05, 0) is 25.5 Å². The fourth-order valence-corrected chi connectivity index (χ4v) is 2.52. The van der Waals surface area contributed by atoms with Crippen LogP contribution in [0.4, 0.5) is 4.79 Å². The summed E-state index contributed by atoms with van der Waals surface area (Å²) < 4.78 is 10.4. The molecule has 1 aromatic heterocycles. The van der Waals surface area contributed by atoms with E-state index in [0.29, 0.717) is 5.56 Å². The van der Waals surface area contributed by atoms with Crippen LogP contribution >= 0.6 is 0 Å². The third-order valence-corrected chi connectivity index (χ3v) is 3.70. The number of benzene rings is 1. The van der Waals surface area contributed by atoms with Gasteiger partial charge in [0, 0.05) is 24.0 Å². The minimum atomic E-state index is -0.648. The zero-order chi connectivity index (χ0) is 18.5. The molecule has 2 amide bonds. The summed E-state index contributed by atoms with van der Waals surface area (Å²) in [5, 5.41) is 0. The van der Waals surface area contributed by atoms with E-state index in [2.05, 4.69) is 9.97 Å². The molecule has 1 aromatic carbocycles. The van der Waals surface area contributed by atoms with Gasteiger partial charge in [0.1, 0.15) is 12.6 Å². The molecule has 2 heterocycles. The van der Waals surface area contributed by atoms with Gasteiger partial charge in [0.05, 0.1) is 6.10 Å². The van der Waals surface area contributed by atoms with E-state index in [9.17, 15) is 9.59 Å². The third kappa shape index (κ3) is 4.05. The molecule has 0 bridgehead atoms. The fraction of sp³-hybridized carbons (Fsp3) is 0.263. The van der Waals surface area contributed by atoms with Gasteiger partial charge in [-0.2, -0.15) is 0 Å². The molecule has 0 saturated carbocycles. The largest absolute Gasteiger partial charge is 0.461 e. The number of amides is 2. The second-order valence-corrected chi connectivity index (χ2v) is 6.01. The smallest absolute Gasteiger partial charge is 0.417 e. The molecule has 1 aliphatic heterocycles. The Hall–Kier alpha value is -3.22. The van der Waals surface area contributed by atoms with Gasteiger partial charge >= 0.3 is 12.1 Å². The molecule has 3 rings (SSSR count). The van der Waals surface area contributed by atoms with Gasteiger partial charge in [0.25, 0.3) is 5.91 Å². The molecule has 134 valence electrons. The molecular formula is C19H19N3O4. The maximum Gasteiger partial charge on any atom is 0.417 e. The summed E-state index contributed by atoms with van der Waals surface area (Å²) in [4.78, 5) is 33.7. The maximum absolute atomic E-state index is 12.5. The number of carbonyl (C=O) groups excluding carboxylic acids is 2. The number of aromatic nitrogens is 2. The normalized spacial score (nSPS) is 17.0. The van der Waals surface area contributed by atoms with Crippen LogP contribution in [0.1, 0.15) is 31.0 Å². The predicted molar refractivity (Wildman–Crippen MR) is 94.2 cm³/mol. The molecule has 1 fully saturated rings. The molecule has 1 atom stereocenters. The zero-order valence-corrected chi connectivity index (χ0v) is 14.5. The third-order valence-electron chi connectivity index (χ3n) is 3.70. The molecule has 1 saturated heterocycles. The highest BCUT2D eigenvalue weighted by molar-refractivity contribution is 6.02. The van der Waals surface area contributed by atoms with Crippen molar-refractivity contribution in [2.24, 2.45) is 0 Å². The molecule has 26 heavy (non-hydrogen) atoms. The van der Waals surface area contributed by atoms with E-state index < -0.39 is 18.0 Å². The van der Waals surface area contributed by atoms with Crippen LogP contribution in [-0.2, 0) is 9.53 Å². The first-order valence-corrected chi connectivity index (χ1v) is 8.26. The number of nitrogens with zero attached hydrogens (tertiary/aromatic N) is 3. The van der Waals surface area contributed by atoms with Gasteiger partial charge < -0.3 is 9.47 Å². The first-order valence-electron chi connectivity index (χ1n) is 8.26. The monoisotopic (exact) mass is 353 g/mol. The fourth-order valence-electron chi connectivity index (χ4n) is 2.52. The SMILES string of the molecule is CC(C)Oc1ncc(C=CC(=O)N2C(=O)OC[C@H]2c2ccccc2)cn1. The molecule has 0 aliphatic carbocycles. The van der Waals surface area contributed by atoms with Crippen molar-refractivity contribution in [1.82, 2.24) is 14.9 Å². The van der Waals surface area contributed by atoms with Crippen molar-refractivity contribution in [1.29, 1.82) is 0 Å². The van der Waals surface area contributed by atoms with E-state index in [-0.39, 0.29) is 18.7 Å². The molecule has 7 nitrogen and oxygen atoms in total. The highest BCUT2D eigenvalue weighted by atomic mass is 16.6. The van der Waals surface area contributed by atoms with Crippen LogP contribution in [0.15, 0.2) is 48.8 Å². The van der Waals surface area contributed by atoms with Crippen molar-refractivity contribution in [3.8, 4) is 6.01 Å². The lowest BCUT2D eigenvalue weighted by Crippen LogP contribution is -2.32. The number of imide groups is 1. The summed E-state index contributed by atoms with van der Waals surface area (Å²) in [5.74, 6) is -0.455. The second kappa shape index (κ2) is 7.77. The quantitative estimate of drug-likeness (QED) is 0.769. The number of ether oxygens (including phenoxy) is 2. The molecule has 7 heteroatoms. The van der Waals surface area contributed by atoms with Gasteiger partial charge in [-0.1, -0.05) is 30.3 Å². The molecular weight excluding hydrogens is 334 g/mol. The molecule has 0 unspecified atom stereocenters. The van der Waals surface area contributed by atoms with Crippen molar-refractivity contribution in [2.45, 2.75) is 26.0 Å².